The summed E-state index contributed by atoms with van der Waals surface area (Å²) in [6, 6.07) is 14.8. The lowest BCUT2D eigenvalue weighted by molar-refractivity contribution is -0.140. The maximum atomic E-state index is 13.4. The fourth-order valence-corrected chi connectivity index (χ4v) is 3.86. The van der Waals surface area contributed by atoms with Crippen molar-refractivity contribution in [3.8, 4) is 5.69 Å². The molecule has 0 unspecified atom stereocenters. The number of nitrogens with zero attached hydrogens (tertiary/aromatic N) is 2. The maximum absolute atomic E-state index is 13.4. The van der Waals surface area contributed by atoms with Crippen LogP contribution in [0.3, 0.4) is 0 Å². The summed E-state index contributed by atoms with van der Waals surface area (Å²) in [5, 5.41) is 3.42. The number of hydrogen-bond acceptors (Lipinski definition) is 6. The lowest BCUT2D eigenvalue weighted by atomic mass is 10.0. The highest BCUT2D eigenvalue weighted by Crippen LogP contribution is 2.27. The van der Waals surface area contributed by atoms with E-state index in [0.29, 0.717) is 16.1 Å². The van der Waals surface area contributed by atoms with Gasteiger partial charge in [-0.1, -0.05) is 55.9 Å². The van der Waals surface area contributed by atoms with Crippen molar-refractivity contribution in [2.75, 3.05) is 19.4 Å². The Bertz CT molecular complexity index is 1140. The average Bonchev–Trinajstić information content (AvgIpc) is 2.76. The van der Waals surface area contributed by atoms with Gasteiger partial charge >= 0.3 is 5.97 Å². The molecular formula is C22H23N3O4S. The van der Waals surface area contributed by atoms with Crippen LogP contribution in [0.25, 0.3) is 16.6 Å². The summed E-state index contributed by atoms with van der Waals surface area (Å²) in [4.78, 5) is 41.4. The Morgan fingerprint density at radius 2 is 1.83 bits per heavy atom. The summed E-state index contributed by atoms with van der Waals surface area (Å²) in [7, 11) is 1.26. The van der Waals surface area contributed by atoms with Crippen molar-refractivity contribution in [3.05, 3.63) is 64.4 Å². The van der Waals surface area contributed by atoms with Crippen molar-refractivity contribution in [2.24, 2.45) is 0 Å². The number of ether oxygens (including phenoxy) is 1. The number of carbonyl (C=O) groups is 2. The highest BCUT2D eigenvalue weighted by molar-refractivity contribution is 7.99. The third-order valence-corrected chi connectivity index (χ3v) is 5.47. The zero-order valence-corrected chi connectivity index (χ0v) is 17.9. The average molecular weight is 426 g/mol. The van der Waals surface area contributed by atoms with Crippen LogP contribution in [0.5, 0.6) is 0 Å². The molecule has 0 radical (unpaired) electrons. The van der Waals surface area contributed by atoms with E-state index in [2.05, 4.69) is 28.9 Å². The van der Waals surface area contributed by atoms with Crippen molar-refractivity contribution in [1.29, 1.82) is 0 Å². The van der Waals surface area contributed by atoms with Gasteiger partial charge in [0.25, 0.3) is 5.56 Å². The van der Waals surface area contributed by atoms with Gasteiger partial charge in [-0.3, -0.25) is 19.0 Å². The molecule has 0 saturated heterocycles. The molecule has 1 aromatic heterocycles. The first-order valence-corrected chi connectivity index (χ1v) is 10.5. The van der Waals surface area contributed by atoms with E-state index < -0.39 is 5.97 Å². The van der Waals surface area contributed by atoms with Crippen LogP contribution in [-0.2, 0) is 14.3 Å². The third kappa shape index (κ3) is 4.71. The normalized spacial score (nSPS) is 10.9. The monoisotopic (exact) mass is 425 g/mol. The number of methoxy groups -OCH3 is 1. The molecular weight excluding hydrogens is 402 g/mol. The highest BCUT2D eigenvalue weighted by Gasteiger charge is 2.18. The van der Waals surface area contributed by atoms with Crippen LogP contribution in [0, 0.1) is 0 Å². The minimum Gasteiger partial charge on any atom is -0.468 e. The van der Waals surface area contributed by atoms with Gasteiger partial charge < -0.3 is 10.1 Å². The second kappa shape index (κ2) is 9.58. The molecule has 156 valence electrons. The standard InChI is InChI=1S/C22H23N3O4S/c1-14(2)15-8-5-7-11-18(15)25-21(28)16-9-4-6-10-17(16)24-22(25)30-13-19(26)23-12-20(27)29-3/h4-11,14H,12-13H2,1-3H3,(H,23,26). The van der Waals surface area contributed by atoms with Gasteiger partial charge in [0, 0.05) is 0 Å². The van der Waals surface area contributed by atoms with E-state index in [9.17, 15) is 14.4 Å². The predicted molar refractivity (Wildman–Crippen MR) is 117 cm³/mol. The summed E-state index contributed by atoms with van der Waals surface area (Å²) in [5.41, 5.74) is 2.13. The lowest BCUT2D eigenvalue weighted by Crippen LogP contribution is -2.31. The minimum atomic E-state index is -0.528. The second-order valence-corrected chi connectivity index (χ2v) is 7.85. The molecule has 8 heteroatoms. The zero-order valence-electron chi connectivity index (χ0n) is 17.0. The number of fused-ring (bicyclic) bond motifs is 1. The predicted octanol–water partition coefficient (Wildman–Crippen LogP) is 2.89. The van der Waals surface area contributed by atoms with Crippen LogP contribution < -0.4 is 10.9 Å². The van der Waals surface area contributed by atoms with E-state index in [0.717, 1.165) is 23.0 Å². The Hall–Kier alpha value is -3.13. The molecule has 0 atom stereocenters. The topological polar surface area (TPSA) is 90.3 Å². The van der Waals surface area contributed by atoms with Crippen LogP contribution >= 0.6 is 11.8 Å². The summed E-state index contributed by atoms with van der Waals surface area (Å²) in [6.45, 7) is 3.92. The second-order valence-electron chi connectivity index (χ2n) is 6.91. The molecule has 3 aromatic rings. The van der Waals surface area contributed by atoms with E-state index in [4.69, 9.17) is 0 Å². The van der Waals surface area contributed by atoms with Crippen molar-refractivity contribution < 1.29 is 14.3 Å². The van der Waals surface area contributed by atoms with Crippen LogP contribution in [0.1, 0.15) is 25.3 Å². The fourth-order valence-electron chi connectivity index (χ4n) is 3.03. The number of nitrogens with one attached hydrogen (secondary N) is 1. The Labute approximate surface area is 178 Å². The third-order valence-electron chi connectivity index (χ3n) is 4.53. The highest BCUT2D eigenvalue weighted by atomic mass is 32.2. The molecule has 3 rings (SSSR count). The number of thioether (sulfide) groups is 1. The quantitative estimate of drug-likeness (QED) is 0.356. The van der Waals surface area contributed by atoms with Crippen molar-refractivity contribution in [2.45, 2.75) is 24.9 Å². The van der Waals surface area contributed by atoms with Gasteiger partial charge in [0.15, 0.2) is 5.16 Å². The number of carbonyl (C=O) groups excluding carboxylic acids is 2. The number of aromatic nitrogens is 2. The van der Waals surface area contributed by atoms with Crippen LogP contribution in [-0.4, -0.2) is 40.8 Å². The molecule has 0 fully saturated rings. The molecule has 0 aliphatic rings. The number of para-hydroxylation sites is 2. The molecule has 1 amide bonds. The molecule has 0 bridgehead atoms. The van der Waals surface area contributed by atoms with Gasteiger partial charge in [0.05, 0.1) is 29.5 Å². The minimum absolute atomic E-state index is 0.00558. The van der Waals surface area contributed by atoms with Gasteiger partial charge in [0.2, 0.25) is 5.91 Å². The summed E-state index contributed by atoms with van der Waals surface area (Å²) in [5.74, 6) is -0.678. The van der Waals surface area contributed by atoms with Gasteiger partial charge in [-0.05, 0) is 29.7 Å². The maximum Gasteiger partial charge on any atom is 0.325 e. The van der Waals surface area contributed by atoms with Gasteiger partial charge in [-0.25, -0.2) is 4.98 Å². The number of rotatable bonds is 7. The first-order valence-electron chi connectivity index (χ1n) is 9.49. The van der Waals surface area contributed by atoms with Crippen molar-refractivity contribution in [1.82, 2.24) is 14.9 Å². The molecule has 1 heterocycles. The Balaban J connectivity index is 2.03. The molecule has 7 nitrogen and oxygen atoms in total. The summed E-state index contributed by atoms with van der Waals surface area (Å²) < 4.78 is 6.09. The van der Waals surface area contributed by atoms with Crippen LogP contribution in [0.15, 0.2) is 58.5 Å². The first kappa shape index (κ1) is 21.6. The number of hydrogen-bond donors (Lipinski definition) is 1. The van der Waals surface area contributed by atoms with E-state index in [-0.39, 0.29) is 29.7 Å². The smallest absolute Gasteiger partial charge is 0.325 e. The zero-order chi connectivity index (χ0) is 21.7. The number of esters is 1. The Kier molecular flexibility index (Phi) is 6.89. The molecule has 2 aromatic carbocycles. The first-order chi connectivity index (χ1) is 14.4. The van der Waals surface area contributed by atoms with E-state index in [1.165, 1.54) is 7.11 Å². The van der Waals surface area contributed by atoms with E-state index >= 15 is 0 Å². The van der Waals surface area contributed by atoms with Crippen LogP contribution in [0.2, 0.25) is 0 Å². The Morgan fingerprint density at radius 3 is 2.57 bits per heavy atom. The fraction of sp³-hybridized carbons (Fsp3) is 0.273. The van der Waals surface area contributed by atoms with Gasteiger partial charge in [-0.15, -0.1) is 0 Å². The van der Waals surface area contributed by atoms with Crippen LogP contribution in [0.4, 0.5) is 0 Å². The molecule has 0 spiro atoms. The van der Waals surface area contributed by atoms with E-state index in [1.807, 2.05) is 30.3 Å². The molecule has 0 aliphatic carbocycles. The van der Waals surface area contributed by atoms with Gasteiger partial charge in [0.1, 0.15) is 6.54 Å². The Morgan fingerprint density at radius 1 is 1.13 bits per heavy atom. The van der Waals surface area contributed by atoms with Crippen molar-refractivity contribution >= 4 is 34.5 Å². The van der Waals surface area contributed by atoms with Crippen molar-refractivity contribution in [3.63, 3.8) is 0 Å². The molecule has 0 aliphatic heterocycles. The summed E-state index contributed by atoms with van der Waals surface area (Å²) in [6.07, 6.45) is 0. The molecule has 0 saturated carbocycles. The SMILES string of the molecule is COC(=O)CNC(=O)CSc1nc2ccccc2c(=O)n1-c1ccccc1C(C)C. The lowest BCUT2D eigenvalue weighted by Gasteiger charge is -2.18. The largest absolute Gasteiger partial charge is 0.468 e. The number of amides is 1. The molecule has 30 heavy (non-hydrogen) atoms. The number of benzene rings is 2. The summed E-state index contributed by atoms with van der Waals surface area (Å²) >= 11 is 1.15. The van der Waals surface area contributed by atoms with Gasteiger partial charge in [-0.2, -0.15) is 0 Å². The van der Waals surface area contributed by atoms with E-state index in [1.54, 1.807) is 22.8 Å². The molecule has 1 N–H and O–H groups in total.